The lowest BCUT2D eigenvalue weighted by molar-refractivity contribution is -0.132. The lowest BCUT2D eigenvalue weighted by Crippen LogP contribution is -2.04. The maximum absolute atomic E-state index is 10.8. The number of para-hydroxylation sites is 1. The van der Waals surface area contributed by atoms with Gasteiger partial charge >= 0.3 is 5.97 Å². The van der Waals surface area contributed by atoms with Gasteiger partial charge in [0.05, 0.1) is 14.2 Å². The van der Waals surface area contributed by atoms with E-state index in [1.165, 1.54) is 21.1 Å². The minimum Gasteiger partial charge on any atom is -0.493 e. The molecule has 0 unspecified atom stereocenters. The van der Waals surface area contributed by atoms with Gasteiger partial charge in [-0.05, 0) is 12.1 Å². The molecule has 4 nitrogen and oxygen atoms in total. The highest BCUT2D eigenvalue weighted by molar-refractivity contribution is 5.72. The predicted octanol–water partition coefficient (Wildman–Crippen LogP) is 1.63. The van der Waals surface area contributed by atoms with Crippen LogP contribution in [0, 0.1) is 0 Å². The number of ether oxygens (including phenoxy) is 3. The van der Waals surface area contributed by atoms with Gasteiger partial charge in [-0.3, -0.25) is 4.79 Å². The maximum atomic E-state index is 10.8. The molecular weight excluding hydrogens is 184 g/mol. The second-order valence-corrected chi connectivity index (χ2v) is 2.59. The fourth-order valence-corrected chi connectivity index (χ4v) is 1.06. The summed E-state index contributed by atoms with van der Waals surface area (Å²) in [4.78, 5) is 10.8. The standard InChI is InChI=1S/C10H12O4/c1-7(11)14-10-8(12-2)5-4-6-9(10)13-3/h4-6H,1-3H3. The van der Waals surface area contributed by atoms with E-state index < -0.39 is 5.97 Å². The zero-order chi connectivity index (χ0) is 10.6. The number of carbonyl (C=O) groups is 1. The quantitative estimate of drug-likeness (QED) is 0.544. The van der Waals surface area contributed by atoms with E-state index in [-0.39, 0.29) is 0 Å². The van der Waals surface area contributed by atoms with Crippen LogP contribution in [0.2, 0.25) is 0 Å². The van der Waals surface area contributed by atoms with Crippen molar-refractivity contribution in [1.82, 2.24) is 0 Å². The molecule has 0 aliphatic rings. The molecule has 0 saturated carbocycles. The van der Waals surface area contributed by atoms with E-state index in [1.807, 2.05) is 0 Å². The van der Waals surface area contributed by atoms with Crippen LogP contribution in [0.25, 0.3) is 0 Å². The Balaban J connectivity index is 3.12. The smallest absolute Gasteiger partial charge is 0.308 e. The normalized spacial score (nSPS) is 9.36. The van der Waals surface area contributed by atoms with Gasteiger partial charge in [-0.25, -0.2) is 0 Å². The number of esters is 1. The number of methoxy groups -OCH3 is 2. The Kier molecular flexibility index (Phi) is 3.34. The van der Waals surface area contributed by atoms with E-state index in [2.05, 4.69) is 0 Å². The molecule has 0 amide bonds. The van der Waals surface area contributed by atoms with Crippen LogP contribution in [0.5, 0.6) is 17.2 Å². The Labute approximate surface area is 82.4 Å². The van der Waals surface area contributed by atoms with Gasteiger partial charge in [-0.15, -0.1) is 0 Å². The Morgan fingerprint density at radius 2 is 1.64 bits per heavy atom. The van der Waals surface area contributed by atoms with Crippen LogP contribution in [-0.2, 0) is 4.79 Å². The third-order valence-corrected chi connectivity index (χ3v) is 1.63. The molecule has 1 rings (SSSR count). The van der Waals surface area contributed by atoms with Crippen molar-refractivity contribution in [2.75, 3.05) is 14.2 Å². The highest BCUT2D eigenvalue weighted by atomic mass is 16.6. The molecule has 1 aromatic rings. The van der Waals surface area contributed by atoms with E-state index in [9.17, 15) is 4.79 Å². The molecule has 1 aromatic carbocycles. The lowest BCUT2D eigenvalue weighted by atomic mass is 10.3. The van der Waals surface area contributed by atoms with Gasteiger partial charge in [-0.2, -0.15) is 0 Å². The van der Waals surface area contributed by atoms with Crippen LogP contribution in [0.1, 0.15) is 6.92 Å². The Bertz CT molecular complexity index is 311. The fraction of sp³-hybridized carbons (Fsp3) is 0.300. The van der Waals surface area contributed by atoms with Crippen LogP contribution >= 0.6 is 0 Å². The number of carbonyl (C=O) groups excluding carboxylic acids is 1. The topological polar surface area (TPSA) is 44.8 Å². The number of benzene rings is 1. The second-order valence-electron chi connectivity index (χ2n) is 2.59. The molecule has 0 aromatic heterocycles. The van der Waals surface area contributed by atoms with Gasteiger partial charge in [0, 0.05) is 6.92 Å². The minimum absolute atomic E-state index is 0.310. The summed E-state index contributed by atoms with van der Waals surface area (Å²) in [5.74, 6) is 0.844. The van der Waals surface area contributed by atoms with E-state index >= 15 is 0 Å². The molecule has 0 atom stereocenters. The number of hydrogen-bond donors (Lipinski definition) is 0. The molecular formula is C10H12O4. The molecule has 14 heavy (non-hydrogen) atoms. The van der Waals surface area contributed by atoms with Crippen molar-refractivity contribution < 1.29 is 19.0 Å². The Morgan fingerprint density at radius 1 is 1.14 bits per heavy atom. The van der Waals surface area contributed by atoms with Crippen molar-refractivity contribution in [1.29, 1.82) is 0 Å². The van der Waals surface area contributed by atoms with E-state index in [0.717, 1.165) is 0 Å². The summed E-state index contributed by atoms with van der Waals surface area (Å²) < 4.78 is 15.0. The van der Waals surface area contributed by atoms with Crippen molar-refractivity contribution >= 4 is 5.97 Å². The summed E-state index contributed by atoms with van der Waals surface area (Å²) in [5, 5.41) is 0. The molecule has 0 radical (unpaired) electrons. The minimum atomic E-state index is -0.409. The van der Waals surface area contributed by atoms with Crippen LogP contribution in [0.15, 0.2) is 18.2 Å². The molecule has 0 aliphatic heterocycles. The molecule has 76 valence electrons. The summed E-state index contributed by atoms with van der Waals surface area (Å²) >= 11 is 0. The molecule has 0 saturated heterocycles. The van der Waals surface area contributed by atoms with E-state index in [1.54, 1.807) is 18.2 Å². The van der Waals surface area contributed by atoms with Crippen molar-refractivity contribution in [2.24, 2.45) is 0 Å². The molecule has 0 heterocycles. The first kappa shape index (κ1) is 10.4. The van der Waals surface area contributed by atoms with Gasteiger partial charge in [0.2, 0.25) is 5.75 Å². The first-order valence-corrected chi connectivity index (χ1v) is 4.08. The van der Waals surface area contributed by atoms with E-state index in [4.69, 9.17) is 14.2 Å². The number of hydrogen-bond acceptors (Lipinski definition) is 4. The first-order valence-electron chi connectivity index (χ1n) is 4.08. The SMILES string of the molecule is COc1cccc(OC)c1OC(C)=O. The second kappa shape index (κ2) is 4.50. The Morgan fingerprint density at radius 3 is 2.00 bits per heavy atom. The van der Waals surface area contributed by atoms with Crippen molar-refractivity contribution in [2.45, 2.75) is 6.92 Å². The monoisotopic (exact) mass is 196 g/mol. The highest BCUT2D eigenvalue weighted by Crippen LogP contribution is 2.36. The maximum Gasteiger partial charge on any atom is 0.308 e. The van der Waals surface area contributed by atoms with Crippen LogP contribution < -0.4 is 14.2 Å². The summed E-state index contributed by atoms with van der Waals surface area (Å²) in [7, 11) is 3.00. The first-order chi connectivity index (χ1) is 6.69. The Hall–Kier alpha value is -1.71. The largest absolute Gasteiger partial charge is 0.493 e. The van der Waals surface area contributed by atoms with Gasteiger partial charge in [-0.1, -0.05) is 6.07 Å². The molecule has 0 fully saturated rings. The fourth-order valence-electron chi connectivity index (χ4n) is 1.06. The van der Waals surface area contributed by atoms with Crippen LogP contribution in [-0.4, -0.2) is 20.2 Å². The number of rotatable bonds is 3. The third kappa shape index (κ3) is 2.16. The summed E-state index contributed by atoms with van der Waals surface area (Å²) in [6.45, 7) is 1.33. The molecule has 0 aliphatic carbocycles. The zero-order valence-electron chi connectivity index (χ0n) is 8.37. The van der Waals surface area contributed by atoms with Crippen molar-refractivity contribution in [3.05, 3.63) is 18.2 Å². The molecule has 0 N–H and O–H groups in total. The summed E-state index contributed by atoms with van der Waals surface area (Å²) in [6, 6.07) is 5.15. The van der Waals surface area contributed by atoms with Crippen molar-refractivity contribution in [3.8, 4) is 17.2 Å². The van der Waals surface area contributed by atoms with Crippen LogP contribution in [0.3, 0.4) is 0 Å². The van der Waals surface area contributed by atoms with Gasteiger partial charge in [0.1, 0.15) is 0 Å². The molecule has 0 bridgehead atoms. The predicted molar refractivity (Wildman–Crippen MR) is 50.9 cm³/mol. The zero-order valence-corrected chi connectivity index (χ0v) is 8.37. The summed E-state index contributed by atoms with van der Waals surface area (Å²) in [6.07, 6.45) is 0. The van der Waals surface area contributed by atoms with Crippen molar-refractivity contribution in [3.63, 3.8) is 0 Å². The molecule has 0 spiro atoms. The molecule has 4 heteroatoms. The van der Waals surface area contributed by atoms with Crippen LogP contribution in [0.4, 0.5) is 0 Å². The third-order valence-electron chi connectivity index (χ3n) is 1.63. The summed E-state index contributed by atoms with van der Waals surface area (Å²) in [5.41, 5.74) is 0. The van der Waals surface area contributed by atoms with Gasteiger partial charge in [0.25, 0.3) is 0 Å². The van der Waals surface area contributed by atoms with Gasteiger partial charge in [0.15, 0.2) is 11.5 Å². The van der Waals surface area contributed by atoms with Gasteiger partial charge < -0.3 is 14.2 Å². The average molecular weight is 196 g/mol. The van der Waals surface area contributed by atoms with E-state index in [0.29, 0.717) is 17.2 Å². The highest BCUT2D eigenvalue weighted by Gasteiger charge is 2.12. The lowest BCUT2D eigenvalue weighted by Gasteiger charge is -2.11. The average Bonchev–Trinajstić information content (AvgIpc) is 2.17.